The number of methoxy groups -OCH3 is 1. The third kappa shape index (κ3) is 2.99. The fourth-order valence-corrected chi connectivity index (χ4v) is 2.98. The minimum Gasteiger partial charge on any atom is -0.497 e. The van der Waals surface area contributed by atoms with E-state index in [-0.39, 0.29) is 23.3 Å². The molecule has 3 rings (SSSR count). The quantitative estimate of drug-likeness (QED) is 0.728. The number of benzene rings is 1. The predicted octanol–water partition coefficient (Wildman–Crippen LogP) is 3.12. The molecule has 0 aliphatic heterocycles. The van der Waals surface area contributed by atoms with Crippen molar-refractivity contribution in [2.24, 2.45) is 7.05 Å². The number of aryl methyl sites for hydroxylation is 2. The van der Waals surface area contributed by atoms with Gasteiger partial charge in [0.25, 0.3) is 5.56 Å². The first-order chi connectivity index (χ1) is 11.7. The van der Waals surface area contributed by atoms with Crippen LogP contribution in [-0.4, -0.2) is 21.5 Å². The number of hydrogen-bond donors (Lipinski definition) is 0. The van der Waals surface area contributed by atoms with Crippen molar-refractivity contribution in [3.8, 4) is 5.75 Å². The average molecular weight is 351 g/mol. The first-order valence-electron chi connectivity index (χ1n) is 7.49. The van der Waals surface area contributed by atoms with Crippen LogP contribution in [0, 0.1) is 6.92 Å². The van der Waals surface area contributed by atoms with Crippen LogP contribution < -0.4 is 10.3 Å². The lowest BCUT2D eigenvalue weighted by molar-refractivity contribution is -0.136. The summed E-state index contributed by atoms with van der Waals surface area (Å²) < 4.78 is 47.8. The van der Waals surface area contributed by atoms with Crippen LogP contribution in [0.4, 0.5) is 13.2 Å². The maximum Gasteiger partial charge on any atom is 0.417 e. The normalized spacial score (nSPS) is 11.9. The van der Waals surface area contributed by atoms with Crippen molar-refractivity contribution in [1.29, 1.82) is 0 Å². The zero-order valence-corrected chi connectivity index (χ0v) is 13.9. The van der Waals surface area contributed by atoms with E-state index in [1.807, 2.05) is 0 Å². The highest BCUT2D eigenvalue weighted by Crippen LogP contribution is 2.35. The molecule has 3 aromatic rings. The zero-order chi connectivity index (χ0) is 18.4. The Hall–Kier alpha value is -2.77. The van der Waals surface area contributed by atoms with Gasteiger partial charge in [-0.25, -0.2) is 0 Å². The van der Waals surface area contributed by atoms with Gasteiger partial charge >= 0.3 is 6.18 Å². The molecule has 132 valence electrons. The molecule has 0 unspecified atom stereocenters. The lowest BCUT2D eigenvalue weighted by Gasteiger charge is -2.14. The summed E-state index contributed by atoms with van der Waals surface area (Å²) in [4.78, 5) is 12.4. The number of fused-ring (bicyclic) bond motifs is 1. The maximum atomic E-state index is 13.3. The highest BCUT2D eigenvalue weighted by atomic mass is 19.4. The molecular formula is C17H16F3N3O2. The van der Waals surface area contributed by atoms with Gasteiger partial charge in [0.2, 0.25) is 0 Å². The van der Waals surface area contributed by atoms with Gasteiger partial charge in [-0.15, -0.1) is 0 Å². The molecule has 0 N–H and O–H groups in total. The Kier molecular flexibility index (Phi) is 4.06. The van der Waals surface area contributed by atoms with E-state index in [4.69, 9.17) is 4.74 Å². The van der Waals surface area contributed by atoms with E-state index in [9.17, 15) is 18.0 Å². The van der Waals surface area contributed by atoms with Crippen molar-refractivity contribution >= 4 is 11.0 Å². The van der Waals surface area contributed by atoms with E-state index >= 15 is 0 Å². The van der Waals surface area contributed by atoms with Gasteiger partial charge in [0, 0.05) is 13.1 Å². The number of rotatable bonds is 3. The van der Waals surface area contributed by atoms with Crippen molar-refractivity contribution < 1.29 is 17.9 Å². The van der Waals surface area contributed by atoms with Crippen LogP contribution in [0.25, 0.3) is 11.0 Å². The number of ether oxygens (including phenoxy) is 1. The van der Waals surface area contributed by atoms with E-state index < -0.39 is 17.3 Å². The Morgan fingerprint density at radius 3 is 2.60 bits per heavy atom. The topological polar surface area (TPSA) is 49.1 Å². The maximum absolute atomic E-state index is 13.3. The van der Waals surface area contributed by atoms with E-state index in [1.54, 1.807) is 24.3 Å². The largest absolute Gasteiger partial charge is 0.497 e. The van der Waals surface area contributed by atoms with Gasteiger partial charge in [-0.2, -0.15) is 18.3 Å². The Morgan fingerprint density at radius 1 is 1.24 bits per heavy atom. The number of halogens is 3. The van der Waals surface area contributed by atoms with Crippen LogP contribution in [0.15, 0.2) is 35.1 Å². The summed E-state index contributed by atoms with van der Waals surface area (Å²) in [6, 6.07) is 7.66. The SMILES string of the molecule is COc1cccc(Cn2c(=O)cc(C(F)(F)F)c3c(C)nn(C)c32)c1. The Morgan fingerprint density at radius 2 is 1.96 bits per heavy atom. The summed E-state index contributed by atoms with van der Waals surface area (Å²) in [5.74, 6) is 0.606. The highest BCUT2D eigenvalue weighted by Gasteiger charge is 2.35. The van der Waals surface area contributed by atoms with Crippen molar-refractivity contribution in [2.45, 2.75) is 19.6 Å². The molecule has 1 aromatic carbocycles. The summed E-state index contributed by atoms with van der Waals surface area (Å²) >= 11 is 0. The Labute approximate surface area is 141 Å². The molecule has 0 spiro atoms. The lowest BCUT2D eigenvalue weighted by Crippen LogP contribution is -2.24. The van der Waals surface area contributed by atoms with Crippen molar-refractivity contribution in [1.82, 2.24) is 14.3 Å². The summed E-state index contributed by atoms with van der Waals surface area (Å²) in [7, 11) is 3.04. The number of aromatic nitrogens is 3. The minimum absolute atomic E-state index is 0.0579. The van der Waals surface area contributed by atoms with Crippen LogP contribution in [0.5, 0.6) is 5.75 Å². The number of pyridine rings is 1. The summed E-state index contributed by atoms with van der Waals surface area (Å²) in [6.07, 6.45) is -4.62. The van der Waals surface area contributed by atoms with E-state index in [2.05, 4.69) is 5.10 Å². The van der Waals surface area contributed by atoms with E-state index in [1.165, 1.54) is 30.3 Å². The average Bonchev–Trinajstić information content (AvgIpc) is 2.83. The van der Waals surface area contributed by atoms with E-state index in [0.29, 0.717) is 11.8 Å². The second-order valence-electron chi connectivity index (χ2n) is 5.74. The van der Waals surface area contributed by atoms with Crippen LogP contribution in [-0.2, 0) is 19.8 Å². The number of alkyl halides is 3. The molecule has 2 aromatic heterocycles. The van der Waals surface area contributed by atoms with Gasteiger partial charge in [0.15, 0.2) is 0 Å². The van der Waals surface area contributed by atoms with Gasteiger partial charge in [-0.1, -0.05) is 12.1 Å². The second kappa shape index (κ2) is 5.94. The van der Waals surface area contributed by atoms with Crippen molar-refractivity contribution in [3.63, 3.8) is 0 Å². The second-order valence-corrected chi connectivity index (χ2v) is 5.74. The van der Waals surface area contributed by atoms with Crippen LogP contribution in [0.1, 0.15) is 16.8 Å². The molecule has 5 nitrogen and oxygen atoms in total. The molecular weight excluding hydrogens is 335 g/mol. The fourth-order valence-electron chi connectivity index (χ4n) is 2.98. The summed E-state index contributed by atoms with van der Waals surface area (Å²) in [5.41, 5.74) is -0.587. The number of hydrogen-bond acceptors (Lipinski definition) is 3. The van der Waals surface area contributed by atoms with Gasteiger partial charge < -0.3 is 4.74 Å². The van der Waals surface area contributed by atoms with Gasteiger partial charge in [-0.3, -0.25) is 14.0 Å². The molecule has 0 fully saturated rings. The first kappa shape index (κ1) is 17.1. The molecule has 0 radical (unpaired) electrons. The molecule has 0 atom stereocenters. The minimum atomic E-state index is -4.62. The highest BCUT2D eigenvalue weighted by molar-refractivity contribution is 5.83. The Balaban J connectivity index is 2.26. The fraction of sp³-hybridized carbons (Fsp3) is 0.294. The predicted molar refractivity (Wildman–Crippen MR) is 86.8 cm³/mol. The van der Waals surface area contributed by atoms with Crippen LogP contribution in [0.3, 0.4) is 0 Å². The molecule has 0 aliphatic carbocycles. The molecule has 25 heavy (non-hydrogen) atoms. The van der Waals surface area contributed by atoms with Crippen LogP contribution in [0.2, 0.25) is 0 Å². The summed E-state index contributed by atoms with van der Waals surface area (Å²) in [6.45, 7) is 1.61. The third-order valence-corrected chi connectivity index (χ3v) is 4.03. The molecule has 0 aliphatic rings. The zero-order valence-electron chi connectivity index (χ0n) is 13.9. The number of nitrogens with zero attached hydrogens (tertiary/aromatic N) is 3. The van der Waals surface area contributed by atoms with Crippen molar-refractivity contribution in [2.75, 3.05) is 7.11 Å². The van der Waals surface area contributed by atoms with Crippen LogP contribution >= 0.6 is 0 Å². The van der Waals surface area contributed by atoms with Crippen molar-refractivity contribution in [3.05, 3.63) is 57.5 Å². The molecule has 0 saturated carbocycles. The lowest BCUT2D eigenvalue weighted by atomic mass is 10.1. The van der Waals surface area contributed by atoms with Gasteiger partial charge in [0.1, 0.15) is 11.4 Å². The third-order valence-electron chi connectivity index (χ3n) is 4.03. The summed E-state index contributed by atoms with van der Waals surface area (Å²) in [5, 5.41) is 4.02. The molecule has 8 heteroatoms. The standard InChI is InChI=1S/C17H16F3N3O2/c1-10-15-13(17(18,19)20)8-14(24)23(16(15)22(2)21-10)9-11-5-4-6-12(7-11)25-3/h4-8H,9H2,1-3H3. The smallest absolute Gasteiger partial charge is 0.417 e. The van der Waals surface area contributed by atoms with E-state index in [0.717, 1.165) is 5.56 Å². The molecule has 0 saturated heterocycles. The van der Waals surface area contributed by atoms with Gasteiger partial charge in [0.05, 0.1) is 30.3 Å². The molecule has 0 amide bonds. The Bertz CT molecular complexity index is 1000. The monoisotopic (exact) mass is 351 g/mol. The molecule has 2 heterocycles. The first-order valence-corrected chi connectivity index (χ1v) is 7.49. The molecule has 0 bridgehead atoms. The van der Waals surface area contributed by atoms with Gasteiger partial charge in [-0.05, 0) is 24.6 Å².